The van der Waals surface area contributed by atoms with Crippen molar-refractivity contribution in [2.45, 2.75) is 6.42 Å². The Bertz CT molecular complexity index is 733. The molecule has 1 atom stereocenters. The highest BCUT2D eigenvalue weighted by Crippen LogP contribution is 2.28. The minimum absolute atomic E-state index is 0.147. The number of amides is 1. The van der Waals surface area contributed by atoms with Crippen molar-refractivity contribution in [1.82, 2.24) is 0 Å². The molecule has 22 heavy (non-hydrogen) atoms. The van der Waals surface area contributed by atoms with Gasteiger partial charge >= 0.3 is 0 Å². The van der Waals surface area contributed by atoms with Crippen molar-refractivity contribution >= 4 is 11.6 Å². The molecule has 1 aliphatic rings. The summed E-state index contributed by atoms with van der Waals surface area (Å²) in [5.74, 6) is -4.63. The maximum absolute atomic E-state index is 13.6. The maximum atomic E-state index is 13.6. The molecule has 114 valence electrons. The number of anilines is 1. The number of carbonyl (C=O) groups excluding carboxylic acids is 1. The van der Waals surface area contributed by atoms with Gasteiger partial charge in [0, 0.05) is 0 Å². The summed E-state index contributed by atoms with van der Waals surface area (Å²) in [5.41, 5.74) is 0.488. The van der Waals surface area contributed by atoms with Gasteiger partial charge in [-0.15, -0.1) is 0 Å². The highest BCUT2D eigenvalue weighted by atomic mass is 19.2. The monoisotopic (exact) mass is 307 g/mol. The van der Waals surface area contributed by atoms with Crippen molar-refractivity contribution in [2.75, 3.05) is 11.9 Å². The van der Waals surface area contributed by atoms with E-state index in [1.165, 1.54) is 0 Å². The molecule has 1 N–H and O–H groups in total. The van der Waals surface area contributed by atoms with Crippen molar-refractivity contribution in [1.29, 1.82) is 0 Å². The van der Waals surface area contributed by atoms with E-state index in [-0.39, 0.29) is 12.3 Å². The summed E-state index contributed by atoms with van der Waals surface area (Å²) in [6.45, 7) is 0.147. The molecule has 1 heterocycles. The molecule has 3 nitrogen and oxygen atoms in total. The first kappa shape index (κ1) is 14.4. The topological polar surface area (TPSA) is 38.3 Å². The maximum Gasteiger partial charge on any atom is 0.231 e. The quantitative estimate of drug-likeness (QED) is 0.865. The Morgan fingerprint density at radius 3 is 2.68 bits per heavy atom. The van der Waals surface area contributed by atoms with Crippen LogP contribution in [0.2, 0.25) is 0 Å². The summed E-state index contributed by atoms with van der Waals surface area (Å²) in [6, 6.07) is 9.06. The second kappa shape index (κ2) is 5.71. The highest BCUT2D eigenvalue weighted by molar-refractivity contribution is 5.93. The zero-order chi connectivity index (χ0) is 15.7. The van der Waals surface area contributed by atoms with E-state index in [0.29, 0.717) is 12.2 Å². The normalized spacial score (nSPS) is 16.6. The number of carbonyl (C=O) groups is 1. The fraction of sp³-hybridized carbons (Fsp3) is 0.188. The number of fused-ring (bicyclic) bond motifs is 1. The van der Waals surface area contributed by atoms with E-state index in [0.717, 1.165) is 17.7 Å². The molecule has 3 rings (SSSR count). The van der Waals surface area contributed by atoms with Crippen LogP contribution in [0.1, 0.15) is 5.56 Å². The molecule has 0 aliphatic carbocycles. The lowest BCUT2D eigenvalue weighted by atomic mass is 9.96. The summed E-state index contributed by atoms with van der Waals surface area (Å²) in [6.07, 6.45) is 0.438. The highest BCUT2D eigenvalue weighted by Gasteiger charge is 2.27. The van der Waals surface area contributed by atoms with Gasteiger partial charge in [0.25, 0.3) is 0 Å². The standard InChI is InChI=1S/C16H12F3NO2/c17-11-5-6-12(15(19)14(11)18)20-16(21)10-7-9-3-1-2-4-13(9)22-8-10/h1-6,10H,7-8H2,(H,20,21). The van der Waals surface area contributed by atoms with Gasteiger partial charge in [-0.2, -0.15) is 0 Å². The van der Waals surface area contributed by atoms with Crippen LogP contribution >= 0.6 is 0 Å². The third-order valence-corrected chi connectivity index (χ3v) is 3.54. The first-order chi connectivity index (χ1) is 10.6. The van der Waals surface area contributed by atoms with Crippen molar-refractivity contribution in [2.24, 2.45) is 5.92 Å². The fourth-order valence-electron chi connectivity index (χ4n) is 2.35. The average Bonchev–Trinajstić information content (AvgIpc) is 2.55. The Kier molecular flexibility index (Phi) is 3.75. The predicted molar refractivity (Wildman–Crippen MR) is 74.1 cm³/mol. The summed E-state index contributed by atoms with van der Waals surface area (Å²) in [5, 5.41) is 2.28. The number of nitrogens with one attached hydrogen (secondary N) is 1. The number of benzene rings is 2. The summed E-state index contributed by atoms with van der Waals surface area (Å²) in [4.78, 5) is 12.2. The van der Waals surface area contributed by atoms with Gasteiger partial charge in [-0.25, -0.2) is 13.2 Å². The molecule has 0 radical (unpaired) electrons. The van der Waals surface area contributed by atoms with Crippen molar-refractivity contribution in [3.63, 3.8) is 0 Å². The average molecular weight is 307 g/mol. The molecule has 0 saturated carbocycles. The smallest absolute Gasteiger partial charge is 0.231 e. The lowest BCUT2D eigenvalue weighted by Gasteiger charge is -2.24. The summed E-state index contributed by atoms with van der Waals surface area (Å²) < 4.78 is 45.1. The van der Waals surface area contributed by atoms with E-state index in [2.05, 4.69) is 5.32 Å². The zero-order valence-electron chi connectivity index (χ0n) is 11.4. The molecule has 0 saturated heterocycles. The number of rotatable bonds is 2. The summed E-state index contributed by atoms with van der Waals surface area (Å²) in [7, 11) is 0. The van der Waals surface area contributed by atoms with Crippen LogP contribution in [-0.2, 0) is 11.2 Å². The van der Waals surface area contributed by atoms with Crippen molar-refractivity contribution in [3.8, 4) is 5.75 Å². The van der Waals surface area contributed by atoms with Gasteiger partial charge in [0.2, 0.25) is 5.91 Å². The number of hydrogen-bond donors (Lipinski definition) is 1. The minimum atomic E-state index is -1.61. The van der Waals surface area contributed by atoms with Gasteiger partial charge in [0.1, 0.15) is 12.4 Å². The molecule has 1 amide bonds. The third kappa shape index (κ3) is 2.64. The second-order valence-electron chi connectivity index (χ2n) is 5.03. The van der Waals surface area contributed by atoms with Crippen LogP contribution < -0.4 is 10.1 Å². The van der Waals surface area contributed by atoms with E-state index in [1.807, 2.05) is 18.2 Å². The molecule has 2 aromatic carbocycles. The van der Waals surface area contributed by atoms with Crippen LogP contribution in [0, 0.1) is 23.4 Å². The Labute approximate surface area is 124 Å². The van der Waals surface area contributed by atoms with E-state index < -0.39 is 29.3 Å². The molecule has 0 aromatic heterocycles. The lowest BCUT2D eigenvalue weighted by molar-refractivity contribution is -0.121. The van der Waals surface area contributed by atoms with Gasteiger partial charge in [-0.05, 0) is 30.2 Å². The van der Waals surface area contributed by atoms with Crippen LogP contribution in [0.5, 0.6) is 5.75 Å². The van der Waals surface area contributed by atoms with Crippen LogP contribution in [0.3, 0.4) is 0 Å². The molecule has 0 spiro atoms. The zero-order valence-corrected chi connectivity index (χ0v) is 11.4. The van der Waals surface area contributed by atoms with Crippen molar-refractivity contribution in [3.05, 3.63) is 59.4 Å². The Hall–Kier alpha value is -2.50. The van der Waals surface area contributed by atoms with E-state index >= 15 is 0 Å². The van der Waals surface area contributed by atoms with Crippen molar-refractivity contribution < 1.29 is 22.7 Å². The number of hydrogen-bond acceptors (Lipinski definition) is 2. The Morgan fingerprint density at radius 2 is 1.86 bits per heavy atom. The largest absolute Gasteiger partial charge is 0.492 e. The third-order valence-electron chi connectivity index (χ3n) is 3.54. The van der Waals surface area contributed by atoms with E-state index in [1.54, 1.807) is 6.07 Å². The van der Waals surface area contributed by atoms with Gasteiger partial charge in [-0.1, -0.05) is 18.2 Å². The van der Waals surface area contributed by atoms with Gasteiger partial charge in [0.05, 0.1) is 11.6 Å². The number of para-hydroxylation sites is 1. The molecule has 6 heteroatoms. The molecule has 0 bridgehead atoms. The predicted octanol–water partition coefficient (Wildman–Crippen LogP) is 3.29. The fourth-order valence-corrected chi connectivity index (χ4v) is 2.35. The molecular formula is C16H12F3NO2. The second-order valence-corrected chi connectivity index (χ2v) is 5.03. The van der Waals surface area contributed by atoms with E-state index in [4.69, 9.17) is 4.74 Å². The van der Waals surface area contributed by atoms with Crippen LogP contribution in [0.4, 0.5) is 18.9 Å². The van der Waals surface area contributed by atoms with E-state index in [9.17, 15) is 18.0 Å². The number of ether oxygens (including phenoxy) is 1. The minimum Gasteiger partial charge on any atom is -0.492 e. The summed E-state index contributed by atoms with van der Waals surface area (Å²) >= 11 is 0. The van der Waals surface area contributed by atoms with Gasteiger partial charge in [-0.3, -0.25) is 4.79 Å². The van der Waals surface area contributed by atoms with Crippen LogP contribution in [0.25, 0.3) is 0 Å². The first-order valence-electron chi connectivity index (χ1n) is 6.71. The van der Waals surface area contributed by atoms with Crippen LogP contribution in [-0.4, -0.2) is 12.5 Å². The molecule has 0 fully saturated rings. The number of halogens is 3. The van der Waals surface area contributed by atoms with Gasteiger partial charge in [0.15, 0.2) is 17.5 Å². The Balaban J connectivity index is 1.75. The SMILES string of the molecule is O=C(Nc1ccc(F)c(F)c1F)C1COc2ccccc2C1. The Morgan fingerprint density at radius 1 is 1.09 bits per heavy atom. The van der Waals surface area contributed by atoms with Gasteiger partial charge < -0.3 is 10.1 Å². The molecule has 1 unspecified atom stereocenters. The lowest BCUT2D eigenvalue weighted by Crippen LogP contribution is -2.32. The molecule has 1 aliphatic heterocycles. The molecular weight excluding hydrogens is 295 g/mol. The van der Waals surface area contributed by atoms with Crippen LogP contribution in [0.15, 0.2) is 36.4 Å². The first-order valence-corrected chi connectivity index (χ1v) is 6.71. The molecule has 2 aromatic rings.